The highest BCUT2D eigenvalue weighted by Crippen LogP contribution is 2.19. The summed E-state index contributed by atoms with van der Waals surface area (Å²) in [7, 11) is 3.39. The van der Waals surface area contributed by atoms with Gasteiger partial charge in [-0.2, -0.15) is 0 Å². The third-order valence-corrected chi connectivity index (χ3v) is 4.32. The lowest BCUT2D eigenvalue weighted by atomic mass is 10.1. The fourth-order valence-electron chi connectivity index (χ4n) is 2.57. The monoisotopic (exact) mass is 338 g/mol. The predicted molar refractivity (Wildman–Crippen MR) is 89.4 cm³/mol. The standard InChI is InChI=1S/C17H23ClN2O3/c1-19(2)16(21)7-8-17(22)20-9-10-23-14(12-20)11-13-5-3-4-6-15(13)18/h3-6,14H,7-12H2,1-2H3. The number of benzene rings is 1. The number of hydrogen-bond donors (Lipinski definition) is 0. The zero-order chi connectivity index (χ0) is 16.8. The summed E-state index contributed by atoms with van der Waals surface area (Å²) in [5, 5.41) is 0.719. The summed E-state index contributed by atoms with van der Waals surface area (Å²) in [5.74, 6) is -0.0214. The Hall–Kier alpha value is -1.59. The van der Waals surface area contributed by atoms with Crippen molar-refractivity contribution in [2.75, 3.05) is 33.8 Å². The largest absolute Gasteiger partial charge is 0.374 e. The van der Waals surface area contributed by atoms with Crippen molar-refractivity contribution in [2.24, 2.45) is 0 Å². The molecule has 23 heavy (non-hydrogen) atoms. The van der Waals surface area contributed by atoms with Crippen LogP contribution in [0.3, 0.4) is 0 Å². The zero-order valence-corrected chi connectivity index (χ0v) is 14.4. The third-order valence-electron chi connectivity index (χ3n) is 3.95. The van der Waals surface area contributed by atoms with Gasteiger partial charge in [0, 0.05) is 51.5 Å². The first-order valence-corrected chi connectivity index (χ1v) is 8.18. The SMILES string of the molecule is CN(C)C(=O)CCC(=O)N1CCOC(Cc2ccccc2Cl)C1. The van der Waals surface area contributed by atoms with E-state index in [1.807, 2.05) is 24.3 Å². The van der Waals surface area contributed by atoms with Gasteiger partial charge in [0.15, 0.2) is 0 Å². The van der Waals surface area contributed by atoms with Gasteiger partial charge in [0.05, 0.1) is 12.7 Å². The average Bonchev–Trinajstić information content (AvgIpc) is 2.54. The van der Waals surface area contributed by atoms with E-state index >= 15 is 0 Å². The summed E-state index contributed by atoms with van der Waals surface area (Å²) >= 11 is 6.18. The summed E-state index contributed by atoms with van der Waals surface area (Å²) in [4.78, 5) is 27.1. The molecule has 1 aliphatic rings. The molecule has 0 spiro atoms. The fraction of sp³-hybridized carbons (Fsp3) is 0.529. The molecule has 5 nitrogen and oxygen atoms in total. The van der Waals surface area contributed by atoms with Crippen molar-refractivity contribution in [1.82, 2.24) is 9.80 Å². The number of morpholine rings is 1. The molecule has 0 radical (unpaired) electrons. The Bertz CT molecular complexity index is 563. The van der Waals surface area contributed by atoms with E-state index in [1.165, 1.54) is 4.90 Å². The van der Waals surface area contributed by atoms with E-state index < -0.39 is 0 Å². The van der Waals surface area contributed by atoms with Crippen molar-refractivity contribution in [3.63, 3.8) is 0 Å². The zero-order valence-electron chi connectivity index (χ0n) is 13.6. The second-order valence-electron chi connectivity index (χ2n) is 5.92. The van der Waals surface area contributed by atoms with Crippen LogP contribution in [0.1, 0.15) is 18.4 Å². The van der Waals surface area contributed by atoms with Crippen LogP contribution in [0.5, 0.6) is 0 Å². The van der Waals surface area contributed by atoms with E-state index in [9.17, 15) is 9.59 Å². The van der Waals surface area contributed by atoms with Crippen molar-refractivity contribution in [2.45, 2.75) is 25.4 Å². The molecule has 2 rings (SSSR count). The molecule has 0 saturated carbocycles. The van der Waals surface area contributed by atoms with Gasteiger partial charge < -0.3 is 14.5 Å². The molecule has 0 bridgehead atoms. The van der Waals surface area contributed by atoms with Gasteiger partial charge in [-0.1, -0.05) is 29.8 Å². The normalized spacial score (nSPS) is 17.9. The third kappa shape index (κ3) is 5.22. The number of nitrogens with zero attached hydrogens (tertiary/aromatic N) is 2. The molecule has 1 heterocycles. The number of halogens is 1. The Labute approximate surface area is 142 Å². The number of rotatable bonds is 5. The number of ether oxygens (including phenoxy) is 1. The van der Waals surface area contributed by atoms with Crippen LogP contribution in [0.15, 0.2) is 24.3 Å². The van der Waals surface area contributed by atoms with Crippen LogP contribution in [-0.2, 0) is 20.7 Å². The van der Waals surface area contributed by atoms with E-state index in [1.54, 1.807) is 19.0 Å². The Morgan fingerprint density at radius 1 is 1.30 bits per heavy atom. The van der Waals surface area contributed by atoms with Gasteiger partial charge in [0.2, 0.25) is 11.8 Å². The van der Waals surface area contributed by atoms with Crippen LogP contribution in [0.4, 0.5) is 0 Å². The van der Waals surface area contributed by atoms with Gasteiger partial charge in [-0.05, 0) is 11.6 Å². The van der Waals surface area contributed by atoms with E-state index in [2.05, 4.69) is 0 Å². The molecular weight excluding hydrogens is 316 g/mol. The van der Waals surface area contributed by atoms with Gasteiger partial charge in [-0.15, -0.1) is 0 Å². The summed E-state index contributed by atoms with van der Waals surface area (Å²) in [5.41, 5.74) is 1.02. The Morgan fingerprint density at radius 2 is 2.04 bits per heavy atom. The molecule has 0 aromatic heterocycles. The maximum Gasteiger partial charge on any atom is 0.223 e. The molecular formula is C17H23ClN2O3. The number of hydrogen-bond acceptors (Lipinski definition) is 3. The smallest absolute Gasteiger partial charge is 0.223 e. The van der Waals surface area contributed by atoms with Crippen molar-refractivity contribution in [3.05, 3.63) is 34.9 Å². The second-order valence-corrected chi connectivity index (χ2v) is 6.32. The van der Waals surface area contributed by atoms with Crippen LogP contribution >= 0.6 is 11.6 Å². The summed E-state index contributed by atoms with van der Waals surface area (Å²) < 4.78 is 5.75. The van der Waals surface area contributed by atoms with Gasteiger partial charge in [0.1, 0.15) is 0 Å². The molecule has 126 valence electrons. The molecule has 1 saturated heterocycles. The summed E-state index contributed by atoms with van der Waals surface area (Å²) in [6.45, 7) is 1.64. The van der Waals surface area contributed by atoms with Crippen LogP contribution in [-0.4, -0.2) is 61.5 Å². The van der Waals surface area contributed by atoms with Crippen molar-refractivity contribution >= 4 is 23.4 Å². The van der Waals surface area contributed by atoms with Crippen LogP contribution in [0, 0.1) is 0 Å². The Balaban J connectivity index is 1.86. The number of amides is 2. The lowest BCUT2D eigenvalue weighted by molar-refractivity contribution is -0.141. The average molecular weight is 339 g/mol. The summed E-state index contributed by atoms with van der Waals surface area (Å²) in [6.07, 6.45) is 1.12. The number of carbonyl (C=O) groups is 2. The highest BCUT2D eigenvalue weighted by atomic mass is 35.5. The van der Waals surface area contributed by atoms with Gasteiger partial charge in [0.25, 0.3) is 0 Å². The fourth-order valence-corrected chi connectivity index (χ4v) is 2.79. The highest BCUT2D eigenvalue weighted by molar-refractivity contribution is 6.31. The maximum absolute atomic E-state index is 12.3. The topological polar surface area (TPSA) is 49.9 Å². The van der Waals surface area contributed by atoms with E-state index in [4.69, 9.17) is 16.3 Å². The Kier molecular flexibility index (Phi) is 6.42. The second kappa shape index (κ2) is 8.31. The predicted octanol–water partition coefficient (Wildman–Crippen LogP) is 1.98. The summed E-state index contributed by atoms with van der Waals surface area (Å²) in [6, 6.07) is 7.67. The molecule has 1 aromatic carbocycles. The van der Waals surface area contributed by atoms with E-state index in [0.717, 1.165) is 10.6 Å². The number of carbonyl (C=O) groups excluding carboxylic acids is 2. The van der Waals surface area contributed by atoms with E-state index in [0.29, 0.717) is 26.1 Å². The first kappa shape index (κ1) is 17.8. The lowest BCUT2D eigenvalue weighted by Gasteiger charge is -2.33. The molecule has 0 aliphatic carbocycles. The minimum atomic E-state index is -0.0582. The van der Waals surface area contributed by atoms with Crippen LogP contribution in [0.2, 0.25) is 5.02 Å². The Morgan fingerprint density at radius 3 is 2.74 bits per heavy atom. The molecule has 1 unspecified atom stereocenters. The van der Waals surface area contributed by atoms with Crippen molar-refractivity contribution < 1.29 is 14.3 Å². The van der Waals surface area contributed by atoms with Gasteiger partial charge in [-0.25, -0.2) is 0 Å². The molecule has 1 atom stereocenters. The molecule has 6 heteroatoms. The molecule has 1 aliphatic heterocycles. The van der Waals surface area contributed by atoms with Gasteiger partial charge >= 0.3 is 0 Å². The van der Waals surface area contributed by atoms with Gasteiger partial charge in [-0.3, -0.25) is 9.59 Å². The van der Waals surface area contributed by atoms with Crippen molar-refractivity contribution in [3.8, 4) is 0 Å². The molecule has 1 aromatic rings. The molecule has 2 amide bonds. The van der Waals surface area contributed by atoms with E-state index in [-0.39, 0.29) is 30.8 Å². The lowest BCUT2D eigenvalue weighted by Crippen LogP contribution is -2.46. The van der Waals surface area contributed by atoms with Crippen molar-refractivity contribution in [1.29, 1.82) is 0 Å². The highest BCUT2D eigenvalue weighted by Gasteiger charge is 2.25. The van der Waals surface area contributed by atoms with Crippen LogP contribution in [0.25, 0.3) is 0 Å². The first-order valence-electron chi connectivity index (χ1n) is 7.80. The quantitative estimate of drug-likeness (QED) is 0.825. The first-order chi connectivity index (χ1) is 11.0. The maximum atomic E-state index is 12.3. The molecule has 1 fully saturated rings. The van der Waals surface area contributed by atoms with Crippen LogP contribution < -0.4 is 0 Å². The minimum Gasteiger partial charge on any atom is -0.374 e. The minimum absolute atomic E-state index is 0.00709. The molecule has 0 N–H and O–H groups in total.